The number of hydrogen-bond acceptors (Lipinski definition) is 5. The summed E-state index contributed by atoms with van der Waals surface area (Å²) in [6, 6.07) is 3.25. The van der Waals surface area contributed by atoms with E-state index in [4.69, 9.17) is 5.11 Å². The van der Waals surface area contributed by atoms with E-state index in [1.165, 1.54) is 11.5 Å². The monoisotopic (exact) mass is 298 g/mol. The van der Waals surface area contributed by atoms with Gasteiger partial charge in [0.25, 0.3) is 0 Å². The first-order valence-corrected chi connectivity index (χ1v) is 8.57. The molecule has 1 atom stereocenters. The summed E-state index contributed by atoms with van der Waals surface area (Å²) in [6.07, 6.45) is 0.740. The van der Waals surface area contributed by atoms with Crippen LogP contribution >= 0.6 is 23.5 Å². The Morgan fingerprint density at radius 1 is 1.53 bits per heavy atom. The fourth-order valence-corrected chi connectivity index (χ4v) is 4.47. The Morgan fingerprint density at radius 3 is 3.00 bits per heavy atom. The summed E-state index contributed by atoms with van der Waals surface area (Å²) in [5.41, 5.74) is 1.12. The van der Waals surface area contributed by atoms with Gasteiger partial charge in [-0.05, 0) is 18.6 Å². The van der Waals surface area contributed by atoms with Crippen LogP contribution in [0, 0.1) is 0 Å². The van der Waals surface area contributed by atoms with Gasteiger partial charge < -0.3 is 10.4 Å². The van der Waals surface area contributed by atoms with Gasteiger partial charge in [0.05, 0.1) is 5.56 Å². The number of aromatic carboxylic acids is 1. The first-order chi connectivity index (χ1) is 9.19. The van der Waals surface area contributed by atoms with E-state index in [-0.39, 0.29) is 0 Å². The summed E-state index contributed by atoms with van der Waals surface area (Å²) >= 11 is 3.95. The van der Waals surface area contributed by atoms with E-state index in [1.54, 1.807) is 12.1 Å². The fraction of sp³-hybridized carbons (Fsp3) is 0.538. The first kappa shape index (κ1) is 14.5. The molecule has 0 saturated carbocycles. The molecule has 1 aromatic heterocycles. The Labute approximate surface area is 121 Å². The molecule has 104 valence electrons. The molecule has 2 N–H and O–H groups in total. The number of nitrogens with one attached hydrogen (secondary N) is 1. The summed E-state index contributed by atoms with van der Waals surface area (Å²) in [4.78, 5) is 15.5. The number of aryl methyl sites for hydroxylation is 1. The van der Waals surface area contributed by atoms with Gasteiger partial charge in [0, 0.05) is 34.7 Å². The van der Waals surface area contributed by atoms with E-state index in [0.29, 0.717) is 16.6 Å². The van der Waals surface area contributed by atoms with E-state index in [0.717, 1.165) is 24.4 Å². The van der Waals surface area contributed by atoms with Gasteiger partial charge in [-0.1, -0.05) is 6.92 Å². The maximum Gasteiger partial charge on any atom is 0.335 e. The van der Waals surface area contributed by atoms with Crippen LogP contribution in [0.15, 0.2) is 12.1 Å². The average Bonchev–Trinajstić information content (AvgIpc) is 2.45. The zero-order valence-corrected chi connectivity index (χ0v) is 12.5. The largest absolute Gasteiger partial charge is 0.478 e. The molecule has 0 aliphatic carbocycles. The standard InChI is InChI=1S/C13H18N2O2S2/c1-2-10-5-9(13(16)17)6-12(15-10)14-7-11-8-18-3-4-19-11/h5-6,11H,2-4,7-8H2,1H3,(H,14,15)(H,16,17). The molecule has 1 saturated heterocycles. The van der Waals surface area contributed by atoms with Crippen LogP contribution in [0.2, 0.25) is 0 Å². The number of hydrogen-bond donors (Lipinski definition) is 2. The lowest BCUT2D eigenvalue weighted by Gasteiger charge is -2.21. The van der Waals surface area contributed by atoms with Crippen LogP contribution < -0.4 is 5.32 Å². The quantitative estimate of drug-likeness (QED) is 0.871. The minimum atomic E-state index is -0.900. The van der Waals surface area contributed by atoms with Gasteiger partial charge in [-0.3, -0.25) is 0 Å². The van der Waals surface area contributed by atoms with Crippen molar-refractivity contribution in [1.82, 2.24) is 4.98 Å². The third-order valence-electron chi connectivity index (χ3n) is 2.88. The lowest BCUT2D eigenvalue weighted by atomic mass is 10.2. The zero-order chi connectivity index (χ0) is 13.7. The third-order valence-corrected chi connectivity index (χ3v) is 5.73. The molecule has 6 heteroatoms. The highest BCUT2D eigenvalue weighted by atomic mass is 32.2. The normalized spacial score (nSPS) is 19.1. The van der Waals surface area contributed by atoms with Crippen molar-refractivity contribution in [3.8, 4) is 0 Å². The molecule has 1 unspecified atom stereocenters. The summed E-state index contributed by atoms with van der Waals surface area (Å²) in [6.45, 7) is 2.82. The predicted molar refractivity (Wildman–Crippen MR) is 82.6 cm³/mol. The van der Waals surface area contributed by atoms with Crippen molar-refractivity contribution in [3.63, 3.8) is 0 Å². The van der Waals surface area contributed by atoms with Gasteiger partial charge in [0.2, 0.25) is 0 Å². The fourth-order valence-electron chi connectivity index (χ4n) is 1.86. The highest BCUT2D eigenvalue weighted by molar-refractivity contribution is 8.06. The van der Waals surface area contributed by atoms with E-state index < -0.39 is 5.97 Å². The van der Waals surface area contributed by atoms with Crippen molar-refractivity contribution in [2.75, 3.05) is 29.1 Å². The molecule has 2 rings (SSSR count). The number of aromatic nitrogens is 1. The molecule has 1 fully saturated rings. The summed E-state index contributed by atoms with van der Waals surface area (Å²) in [7, 11) is 0. The Kier molecular flexibility index (Phi) is 5.39. The molecule has 19 heavy (non-hydrogen) atoms. The number of nitrogens with zero attached hydrogens (tertiary/aromatic N) is 1. The molecule has 0 bridgehead atoms. The van der Waals surface area contributed by atoms with Crippen LogP contribution in [0.5, 0.6) is 0 Å². The van der Waals surface area contributed by atoms with Crippen LogP contribution in [0.25, 0.3) is 0 Å². The predicted octanol–water partition coefficient (Wildman–Crippen LogP) is 2.60. The van der Waals surface area contributed by atoms with Crippen molar-refractivity contribution in [1.29, 1.82) is 0 Å². The molecule has 0 amide bonds. The topological polar surface area (TPSA) is 62.2 Å². The smallest absolute Gasteiger partial charge is 0.335 e. The Bertz CT molecular complexity index is 448. The number of carboxylic acid groups (broad SMARTS) is 1. The van der Waals surface area contributed by atoms with Gasteiger partial charge in [0.1, 0.15) is 5.82 Å². The highest BCUT2D eigenvalue weighted by Gasteiger charge is 2.14. The van der Waals surface area contributed by atoms with Gasteiger partial charge >= 0.3 is 5.97 Å². The van der Waals surface area contributed by atoms with E-state index in [2.05, 4.69) is 10.3 Å². The molecule has 1 aliphatic rings. The highest BCUT2D eigenvalue weighted by Crippen LogP contribution is 2.24. The van der Waals surface area contributed by atoms with Crippen LogP contribution in [0.1, 0.15) is 23.0 Å². The van der Waals surface area contributed by atoms with Crippen LogP contribution in [0.3, 0.4) is 0 Å². The minimum Gasteiger partial charge on any atom is -0.478 e. The first-order valence-electron chi connectivity index (χ1n) is 6.36. The Morgan fingerprint density at radius 2 is 2.37 bits per heavy atom. The summed E-state index contributed by atoms with van der Waals surface area (Å²) in [5.74, 6) is 3.35. The molecule has 2 heterocycles. The van der Waals surface area contributed by atoms with E-state index in [1.807, 2.05) is 30.4 Å². The second-order valence-corrected chi connectivity index (χ2v) is 6.90. The zero-order valence-electron chi connectivity index (χ0n) is 10.9. The summed E-state index contributed by atoms with van der Waals surface area (Å²) < 4.78 is 0. The van der Waals surface area contributed by atoms with E-state index in [9.17, 15) is 4.79 Å². The van der Waals surface area contributed by atoms with Gasteiger partial charge in [0.15, 0.2) is 0 Å². The maximum absolute atomic E-state index is 11.1. The molecule has 1 aliphatic heterocycles. The number of pyridine rings is 1. The molecule has 4 nitrogen and oxygen atoms in total. The molecule has 0 spiro atoms. The van der Waals surface area contributed by atoms with Gasteiger partial charge in [-0.2, -0.15) is 23.5 Å². The Hall–Kier alpha value is -0.880. The number of anilines is 1. The van der Waals surface area contributed by atoms with Crippen LogP contribution in [-0.2, 0) is 6.42 Å². The lowest BCUT2D eigenvalue weighted by Crippen LogP contribution is -2.23. The van der Waals surface area contributed by atoms with Crippen LogP contribution in [-0.4, -0.2) is 45.1 Å². The summed E-state index contributed by atoms with van der Waals surface area (Å²) in [5, 5.41) is 12.9. The lowest BCUT2D eigenvalue weighted by molar-refractivity contribution is 0.0696. The molecule has 1 aromatic rings. The minimum absolute atomic E-state index is 0.306. The van der Waals surface area contributed by atoms with Gasteiger partial charge in [-0.25, -0.2) is 9.78 Å². The number of carbonyl (C=O) groups is 1. The van der Waals surface area contributed by atoms with Crippen molar-refractivity contribution in [2.45, 2.75) is 18.6 Å². The number of rotatable bonds is 5. The average molecular weight is 298 g/mol. The van der Waals surface area contributed by atoms with Crippen molar-refractivity contribution in [2.24, 2.45) is 0 Å². The molecular formula is C13H18N2O2S2. The molecule has 0 radical (unpaired) electrons. The molecule has 0 aromatic carbocycles. The van der Waals surface area contributed by atoms with Crippen molar-refractivity contribution in [3.05, 3.63) is 23.4 Å². The Balaban J connectivity index is 2.02. The number of carboxylic acids is 1. The third kappa shape index (κ3) is 4.31. The van der Waals surface area contributed by atoms with Gasteiger partial charge in [-0.15, -0.1) is 0 Å². The van der Waals surface area contributed by atoms with Crippen LogP contribution in [0.4, 0.5) is 5.82 Å². The van der Waals surface area contributed by atoms with Crippen molar-refractivity contribution < 1.29 is 9.90 Å². The van der Waals surface area contributed by atoms with E-state index >= 15 is 0 Å². The maximum atomic E-state index is 11.1. The van der Waals surface area contributed by atoms with Crippen molar-refractivity contribution >= 4 is 35.3 Å². The second kappa shape index (κ2) is 7.05. The second-order valence-electron chi connectivity index (χ2n) is 4.34. The number of thioether (sulfide) groups is 2. The molecular weight excluding hydrogens is 280 g/mol. The SMILES string of the molecule is CCc1cc(C(=O)O)cc(NCC2CSCCS2)n1.